The Hall–Kier alpha value is -3.28. The van der Waals surface area contributed by atoms with Gasteiger partial charge in [0, 0.05) is 18.3 Å². The van der Waals surface area contributed by atoms with Gasteiger partial charge in [0.1, 0.15) is 0 Å². The number of amides is 1. The zero-order chi connectivity index (χ0) is 19.6. The van der Waals surface area contributed by atoms with Crippen molar-refractivity contribution in [2.24, 2.45) is 0 Å². The van der Waals surface area contributed by atoms with E-state index in [1.54, 1.807) is 29.2 Å². The molecule has 1 amide bonds. The van der Waals surface area contributed by atoms with Crippen LogP contribution in [-0.4, -0.2) is 39.2 Å². The average Bonchev–Trinajstić information content (AvgIpc) is 2.71. The predicted molar refractivity (Wildman–Crippen MR) is 104 cm³/mol. The lowest BCUT2D eigenvalue weighted by molar-refractivity contribution is -0.134. The number of hydrogen-bond acceptors (Lipinski definition) is 5. The number of likely N-dealkylation sites (N-methyl/N-ethyl adjacent to an activating group) is 1. The van der Waals surface area contributed by atoms with Crippen LogP contribution in [0.3, 0.4) is 0 Å². The van der Waals surface area contributed by atoms with E-state index in [1.165, 1.54) is 20.3 Å². The normalized spacial score (nSPS) is 10.5. The number of benzene rings is 2. The maximum absolute atomic E-state index is 12.5. The molecule has 0 aliphatic carbocycles. The lowest BCUT2D eigenvalue weighted by Crippen LogP contribution is -2.34. The van der Waals surface area contributed by atoms with Crippen molar-refractivity contribution in [2.45, 2.75) is 6.92 Å². The van der Waals surface area contributed by atoms with Crippen LogP contribution in [0.5, 0.6) is 11.5 Å². The molecule has 0 saturated heterocycles. The maximum Gasteiger partial charge on any atom is 0.330 e. The predicted octanol–water partition coefficient (Wildman–Crippen LogP) is 3.31. The number of anilines is 1. The Labute approximate surface area is 159 Å². The summed E-state index contributed by atoms with van der Waals surface area (Å²) in [5.41, 5.74) is 1.57. The first-order valence-electron chi connectivity index (χ1n) is 8.51. The first kappa shape index (κ1) is 20.0. The third-order valence-corrected chi connectivity index (χ3v) is 3.84. The number of ether oxygens (including phenoxy) is 3. The molecular weight excluding hydrogens is 346 g/mol. The molecule has 0 aliphatic heterocycles. The quantitative estimate of drug-likeness (QED) is 0.528. The van der Waals surface area contributed by atoms with E-state index in [4.69, 9.17) is 9.47 Å². The minimum absolute atomic E-state index is 0.115. The van der Waals surface area contributed by atoms with Crippen LogP contribution in [0.1, 0.15) is 12.5 Å². The number of carbonyl (C=O) groups is 2. The van der Waals surface area contributed by atoms with E-state index in [0.717, 1.165) is 11.3 Å². The number of nitrogens with zero attached hydrogens (tertiary/aromatic N) is 1. The largest absolute Gasteiger partial charge is 0.493 e. The second-order valence-corrected chi connectivity index (χ2v) is 5.53. The summed E-state index contributed by atoms with van der Waals surface area (Å²) in [6.45, 7) is 2.34. The minimum Gasteiger partial charge on any atom is -0.493 e. The molecule has 0 bridgehead atoms. The standard InChI is InChI=1S/C21H23NO5/c1-4-22(17-8-6-5-7-9-17)20(23)15-27-18-12-10-16(14-19(18)25-2)11-13-21(24)26-3/h5-14H,4,15H2,1-3H3/b13-11+. The highest BCUT2D eigenvalue weighted by atomic mass is 16.5. The molecule has 2 aromatic rings. The van der Waals surface area contributed by atoms with E-state index in [0.29, 0.717) is 18.0 Å². The van der Waals surface area contributed by atoms with Crippen molar-refractivity contribution in [3.63, 3.8) is 0 Å². The first-order chi connectivity index (χ1) is 13.1. The zero-order valence-corrected chi connectivity index (χ0v) is 15.7. The number of rotatable bonds is 8. The van der Waals surface area contributed by atoms with Crippen LogP contribution in [-0.2, 0) is 14.3 Å². The van der Waals surface area contributed by atoms with Crippen molar-refractivity contribution in [2.75, 3.05) is 32.3 Å². The fraction of sp³-hybridized carbons (Fsp3) is 0.238. The van der Waals surface area contributed by atoms with Gasteiger partial charge in [-0.15, -0.1) is 0 Å². The number of carbonyl (C=O) groups excluding carboxylic acids is 2. The molecule has 2 aromatic carbocycles. The van der Waals surface area contributed by atoms with E-state index in [2.05, 4.69) is 4.74 Å². The van der Waals surface area contributed by atoms with Crippen LogP contribution in [0.2, 0.25) is 0 Å². The summed E-state index contributed by atoms with van der Waals surface area (Å²) in [5, 5.41) is 0. The monoisotopic (exact) mass is 369 g/mol. The van der Waals surface area contributed by atoms with Gasteiger partial charge in [-0.05, 0) is 42.8 Å². The molecule has 6 nitrogen and oxygen atoms in total. The molecule has 0 aromatic heterocycles. The molecule has 0 heterocycles. The topological polar surface area (TPSA) is 65.1 Å². The maximum atomic E-state index is 12.5. The second kappa shape index (κ2) is 10.0. The van der Waals surface area contributed by atoms with Gasteiger partial charge in [-0.25, -0.2) is 4.79 Å². The van der Waals surface area contributed by atoms with E-state index in [9.17, 15) is 9.59 Å². The molecule has 0 spiro atoms. The van der Waals surface area contributed by atoms with Crippen LogP contribution in [0, 0.1) is 0 Å². The molecule has 0 N–H and O–H groups in total. The van der Waals surface area contributed by atoms with Gasteiger partial charge in [0.25, 0.3) is 5.91 Å². The van der Waals surface area contributed by atoms with E-state index in [1.807, 2.05) is 37.3 Å². The zero-order valence-electron chi connectivity index (χ0n) is 15.7. The van der Waals surface area contributed by atoms with Crippen LogP contribution in [0.25, 0.3) is 6.08 Å². The van der Waals surface area contributed by atoms with Crippen molar-refractivity contribution in [3.05, 3.63) is 60.2 Å². The highest BCUT2D eigenvalue weighted by molar-refractivity contribution is 5.94. The van der Waals surface area contributed by atoms with Gasteiger partial charge in [0.05, 0.1) is 14.2 Å². The number of methoxy groups -OCH3 is 2. The number of esters is 1. The number of para-hydroxylation sites is 1. The second-order valence-electron chi connectivity index (χ2n) is 5.53. The summed E-state index contributed by atoms with van der Waals surface area (Å²) in [7, 11) is 2.83. The summed E-state index contributed by atoms with van der Waals surface area (Å²) in [6.07, 6.45) is 2.93. The first-order valence-corrected chi connectivity index (χ1v) is 8.51. The minimum atomic E-state index is -0.444. The summed E-state index contributed by atoms with van der Waals surface area (Å²) < 4.78 is 15.5. The van der Waals surface area contributed by atoms with Crippen LogP contribution in [0.4, 0.5) is 5.69 Å². The Bertz CT molecular complexity index is 801. The molecule has 27 heavy (non-hydrogen) atoms. The summed E-state index contributed by atoms with van der Waals surface area (Å²) in [4.78, 5) is 25.4. The van der Waals surface area contributed by atoms with Gasteiger partial charge in [0.15, 0.2) is 18.1 Å². The fourth-order valence-corrected chi connectivity index (χ4v) is 2.47. The van der Waals surface area contributed by atoms with E-state index < -0.39 is 5.97 Å². The van der Waals surface area contributed by atoms with Crippen molar-refractivity contribution in [1.29, 1.82) is 0 Å². The number of hydrogen-bond donors (Lipinski definition) is 0. The van der Waals surface area contributed by atoms with Crippen LogP contribution >= 0.6 is 0 Å². The van der Waals surface area contributed by atoms with Crippen LogP contribution in [0.15, 0.2) is 54.6 Å². The summed E-state index contributed by atoms with van der Waals surface area (Å²) >= 11 is 0. The van der Waals surface area contributed by atoms with Crippen LogP contribution < -0.4 is 14.4 Å². The van der Waals surface area contributed by atoms with Gasteiger partial charge in [-0.1, -0.05) is 24.3 Å². The average molecular weight is 369 g/mol. The molecule has 0 saturated carbocycles. The molecule has 0 aliphatic rings. The lowest BCUT2D eigenvalue weighted by Gasteiger charge is -2.21. The fourth-order valence-electron chi connectivity index (χ4n) is 2.47. The molecule has 0 unspecified atom stereocenters. The molecule has 6 heteroatoms. The Kier molecular flexibility index (Phi) is 7.43. The van der Waals surface area contributed by atoms with Gasteiger partial charge >= 0.3 is 5.97 Å². The molecular formula is C21H23NO5. The summed E-state index contributed by atoms with van der Waals surface area (Å²) in [6, 6.07) is 14.6. The van der Waals surface area contributed by atoms with Crippen molar-refractivity contribution in [3.8, 4) is 11.5 Å². The Morgan fingerprint density at radius 1 is 1.04 bits per heavy atom. The Morgan fingerprint density at radius 3 is 2.41 bits per heavy atom. The highest BCUT2D eigenvalue weighted by Gasteiger charge is 2.15. The molecule has 0 fully saturated rings. The molecule has 2 rings (SSSR count). The molecule has 142 valence electrons. The SMILES string of the molecule is CCN(C(=O)COc1ccc(/C=C/C(=O)OC)cc1OC)c1ccccc1. The third kappa shape index (κ3) is 5.60. The molecule has 0 atom stereocenters. The van der Waals surface area contributed by atoms with Gasteiger partial charge < -0.3 is 19.1 Å². The van der Waals surface area contributed by atoms with E-state index >= 15 is 0 Å². The van der Waals surface area contributed by atoms with Crippen molar-refractivity contribution >= 4 is 23.6 Å². The third-order valence-electron chi connectivity index (χ3n) is 3.84. The van der Waals surface area contributed by atoms with Gasteiger partial charge in [0.2, 0.25) is 0 Å². The smallest absolute Gasteiger partial charge is 0.330 e. The molecule has 0 radical (unpaired) electrons. The highest BCUT2D eigenvalue weighted by Crippen LogP contribution is 2.28. The lowest BCUT2D eigenvalue weighted by atomic mass is 10.2. The Morgan fingerprint density at radius 2 is 1.78 bits per heavy atom. The van der Waals surface area contributed by atoms with Crippen molar-refractivity contribution in [1.82, 2.24) is 0 Å². The van der Waals surface area contributed by atoms with Gasteiger partial charge in [-0.3, -0.25) is 4.79 Å². The van der Waals surface area contributed by atoms with Crippen molar-refractivity contribution < 1.29 is 23.8 Å². The Balaban J connectivity index is 2.07. The van der Waals surface area contributed by atoms with Gasteiger partial charge in [-0.2, -0.15) is 0 Å². The summed E-state index contributed by atoms with van der Waals surface area (Å²) in [5.74, 6) is 0.323. The van der Waals surface area contributed by atoms with E-state index in [-0.39, 0.29) is 12.5 Å².